The van der Waals surface area contributed by atoms with E-state index in [0.717, 1.165) is 31.2 Å². The SMILES string of the molecule is N#CC(=Cc1ccc(O)cc1)C(=O)NC1CCCC1. The lowest BCUT2D eigenvalue weighted by molar-refractivity contribution is -0.117. The molecule has 0 heterocycles. The van der Waals surface area contributed by atoms with E-state index in [1.165, 1.54) is 18.2 Å². The Labute approximate surface area is 112 Å². The Morgan fingerprint density at radius 2 is 1.95 bits per heavy atom. The molecule has 1 amide bonds. The summed E-state index contributed by atoms with van der Waals surface area (Å²) in [5.41, 5.74) is 0.813. The molecule has 0 bridgehead atoms. The number of benzene rings is 1. The van der Waals surface area contributed by atoms with E-state index < -0.39 is 0 Å². The third-order valence-corrected chi connectivity index (χ3v) is 3.26. The molecule has 4 heteroatoms. The van der Waals surface area contributed by atoms with E-state index in [4.69, 9.17) is 5.26 Å². The number of hydrogen-bond acceptors (Lipinski definition) is 3. The monoisotopic (exact) mass is 256 g/mol. The van der Waals surface area contributed by atoms with Crippen LogP contribution in [0.3, 0.4) is 0 Å². The number of phenolic OH excluding ortho intramolecular Hbond substituents is 1. The van der Waals surface area contributed by atoms with Gasteiger partial charge >= 0.3 is 0 Å². The Morgan fingerprint density at radius 3 is 2.53 bits per heavy atom. The van der Waals surface area contributed by atoms with Crippen molar-refractivity contribution in [2.75, 3.05) is 0 Å². The van der Waals surface area contributed by atoms with Crippen molar-refractivity contribution in [3.05, 3.63) is 35.4 Å². The Bertz CT molecular complexity index is 520. The zero-order chi connectivity index (χ0) is 13.7. The second-order valence-corrected chi connectivity index (χ2v) is 4.72. The van der Waals surface area contributed by atoms with Gasteiger partial charge in [0.25, 0.3) is 5.91 Å². The largest absolute Gasteiger partial charge is 0.508 e. The summed E-state index contributed by atoms with van der Waals surface area (Å²) in [5, 5.41) is 21.1. The molecule has 0 spiro atoms. The van der Waals surface area contributed by atoms with Gasteiger partial charge in [-0.3, -0.25) is 4.79 Å². The molecule has 1 aromatic carbocycles. The predicted molar refractivity (Wildman–Crippen MR) is 72.1 cm³/mol. The molecule has 4 nitrogen and oxygen atoms in total. The van der Waals surface area contributed by atoms with E-state index in [2.05, 4.69) is 5.32 Å². The number of carbonyl (C=O) groups is 1. The van der Waals surface area contributed by atoms with Crippen LogP contribution < -0.4 is 5.32 Å². The minimum Gasteiger partial charge on any atom is -0.508 e. The maximum absolute atomic E-state index is 12.0. The molecule has 1 aliphatic rings. The molecule has 0 aromatic heterocycles. The van der Waals surface area contributed by atoms with Gasteiger partial charge in [-0.1, -0.05) is 25.0 Å². The molecular formula is C15H16N2O2. The minimum atomic E-state index is -0.317. The summed E-state index contributed by atoms with van der Waals surface area (Å²) >= 11 is 0. The average molecular weight is 256 g/mol. The highest BCUT2D eigenvalue weighted by molar-refractivity contribution is 6.01. The maximum atomic E-state index is 12.0. The zero-order valence-corrected chi connectivity index (χ0v) is 10.6. The van der Waals surface area contributed by atoms with Crippen molar-refractivity contribution in [1.29, 1.82) is 5.26 Å². The van der Waals surface area contributed by atoms with E-state index in [-0.39, 0.29) is 23.3 Å². The Morgan fingerprint density at radius 1 is 1.32 bits per heavy atom. The van der Waals surface area contributed by atoms with Crippen LogP contribution in [-0.4, -0.2) is 17.1 Å². The van der Waals surface area contributed by atoms with E-state index in [1.807, 2.05) is 6.07 Å². The second-order valence-electron chi connectivity index (χ2n) is 4.72. The lowest BCUT2D eigenvalue weighted by atomic mass is 10.1. The van der Waals surface area contributed by atoms with Crippen LogP contribution >= 0.6 is 0 Å². The summed E-state index contributed by atoms with van der Waals surface area (Å²) in [6, 6.07) is 8.50. The van der Waals surface area contributed by atoms with Crippen LogP contribution in [0.25, 0.3) is 6.08 Å². The smallest absolute Gasteiger partial charge is 0.262 e. The lowest BCUT2D eigenvalue weighted by Gasteiger charge is -2.10. The summed E-state index contributed by atoms with van der Waals surface area (Å²) in [5.74, 6) is -0.159. The van der Waals surface area contributed by atoms with E-state index in [1.54, 1.807) is 12.1 Å². The average Bonchev–Trinajstić information content (AvgIpc) is 2.90. The summed E-state index contributed by atoms with van der Waals surface area (Å²) in [6.07, 6.45) is 5.78. The Hall–Kier alpha value is -2.28. The van der Waals surface area contributed by atoms with Gasteiger partial charge in [-0.2, -0.15) is 5.26 Å². The molecule has 2 N–H and O–H groups in total. The Kier molecular flexibility index (Phi) is 4.19. The van der Waals surface area contributed by atoms with Crippen molar-refractivity contribution in [2.24, 2.45) is 0 Å². The molecule has 0 atom stereocenters. The molecule has 98 valence electrons. The van der Waals surface area contributed by atoms with Crippen molar-refractivity contribution in [1.82, 2.24) is 5.32 Å². The molecule has 0 unspecified atom stereocenters. The number of rotatable bonds is 3. The van der Waals surface area contributed by atoms with Gasteiger partial charge in [0.15, 0.2) is 0 Å². The van der Waals surface area contributed by atoms with Gasteiger partial charge in [-0.25, -0.2) is 0 Å². The first-order chi connectivity index (χ1) is 9.19. The summed E-state index contributed by atoms with van der Waals surface area (Å²) in [4.78, 5) is 12.0. The minimum absolute atomic E-state index is 0.0950. The quantitative estimate of drug-likeness (QED) is 0.644. The van der Waals surface area contributed by atoms with Crippen molar-refractivity contribution < 1.29 is 9.90 Å². The lowest BCUT2D eigenvalue weighted by Crippen LogP contribution is -2.33. The molecule has 19 heavy (non-hydrogen) atoms. The van der Waals surface area contributed by atoms with Gasteiger partial charge in [-0.15, -0.1) is 0 Å². The number of nitrogens with zero attached hydrogens (tertiary/aromatic N) is 1. The van der Waals surface area contributed by atoms with Gasteiger partial charge in [0, 0.05) is 6.04 Å². The second kappa shape index (κ2) is 6.05. The maximum Gasteiger partial charge on any atom is 0.262 e. The van der Waals surface area contributed by atoms with Crippen LogP contribution in [0.5, 0.6) is 5.75 Å². The third kappa shape index (κ3) is 3.59. The molecule has 0 aliphatic heterocycles. The van der Waals surface area contributed by atoms with Crippen molar-refractivity contribution in [2.45, 2.75) is 31.7 Å². The first-order valence-electron chi connectivity index (χ1n) is 6.41. The highest BCUT2D eigenvalue weighted by Gasteiger charge is 2.19. The van der Waals surface area contributed by atoms with Crippen molar-refractivity contribution >= 4 is 12.0 Å². The van der Waals surface area contributed by atoms with Gasteiger partial charge in [0.2, 0.25) is 0 Å². The topological polar surface area (TPSA) is 73.1 Å². The standard InChI is InChI=1S/C15H16N2O2/c16-10-12(9-11-5-7-14(18)8-6-11)15(19)17-13-3-1-2-4-13/h5-9,13,18H,1-4H2,(H,17,19). The van der Waals surface area contributed by atoms with Crippen LogP contribution in [0.4, 0.5) is 0 Å². The highest BCUT2D eigenvalue weighted by atomic mass is 16.3. The van der Waals surface area contributed by atoms with E-state index >= 15 is 0 Å². The fourth-order valence-electron chi connectivity index (χ4n) is 2.22. The number of hydrogen-bond donors (Lipinski definition) is 2. The molecule has 1 fully saturated rings. The number of carbonyl (C=O) groups excluding carboxylic acids is 1. The van der Waals surface area contributed by atoms with Crippen molar-refractivity contribution in [3.63, 3.8) is 0 Å². The number of nitrogens with one attached hydrogen (secondary N) is 1. The van der Waals surface area contributed by atoms with Crippen molar-refractivity contribution in [3.8, 4) is 11.8 Å². The number of phenols is 1. The van der Waals surface area contributed by atoms with Crippen LogP contribution in [-0.2, 0) is 4.79 Å². The Balaban J connectivity index is 2.08. The molecule has 2 rings (SSSR count). The fraction of sp³-hybridized carbons (Fsp3) is 0.333. The van der Waals surface area contributed by atoms with E-state index in [9.17, 15) is 9.90 Å². The third-order valence-electron chi connectivity index (χ3n) is 3.26. The van der Waals surface area contributed by atoms with Gasteiger partial charge < -0.3 is 10.4 Å². The number of amides is 1. The molecular weight excluding hydrogens is 240 g/mol. The van der Waals surface area contributed by atoms with Gasteiger partial charge in [-0.05, 0) is 36.6 Å². The summed E-state index contributed by atoms with van der Waals surface area (Å²) in [6.45, 7) is 0. The summed E-state index contributed by atoms with van der Waals surface area (Å²) < 4.78 is 0. The first-order valence-corrected chi connectivity index (χ1v) is 6.41. The normalized spacial score (nSPS) is 16.1. The highest BCUT2D eigenvalue weighted by Crippen LogP contribution is 2.18. The van der Waals surface area contributed by atoms with Crippen LogP contribution in [0.1, 0.15) is 31.2 Å². The predicted octanol–water partition coefficient (Wildman–Crippen LogP) is 2.36. The van der Waals surface area contributed by atoms with Crippen LogP contribution in [0.2, 0.25) is 0 Å². The number of nitriles is 1. The van der Waals surface area contributed by atoms with Crippen LogP contribution in [0.15, 0.2) is 29.8 Å². The first kappa shape index (κ1) is 13.2. The molecule has 0 radical (unpaired) electrons. The fourth-order valence-corrected chi connectivity index (χ4v) is 2.22. The van der Waals surface area contributed by atoms with Gasteiger partial charge in [0.05, 0.1) is 0 Å². The molecule has 1 saturated carbocycles. The molecule has 1 aliphatic carbocycles. The number of aromatic hydroxyl groups is 1. The molecule has 1 aromatic rings. The zero-order valence-electron chi connectivity index (χ0n) is 10.6. The molecule has 0 saturated heterocycles. The summed E-state index contributed by atoms with van der Waals surface area (Å²) in [7, 11) is 0. The van der Waals surface area contributed by atoms with E-state index in [0.29, 0.717) is 0 Å². The van der Waals surface area contributed by atoms with Crippen LogP contribution in [0, 0.1) is 11.3 Å². The van der Waals surface area contributed by atoms with Gasteiger partial charge in [0.1, 0.15) is 17.4 Å².